The van der Waals surface area contributed by atoms with Crippen LogP contribution in [-0.4, -0.2) is 31.7 Å². The van der Waals surface area contributed by atoms with Gasteiger partial charge in [-0.3, -0.25) is 4.79 Å². The van der Waals surface area contributed by atoms with Crippen LogP contribution in [0.15, 0.2) is 48.5 Å². The standard InChI is InChI=1S/C25H34N2O3/c1-2-29-24-17-21(18-26-16-15-20-9-5-3-6-10-20)13-14-23(24)30-19-25(28)27-22-11-7-4-8-12-22/h3,5-6,9-10,13-14,17,22,26H,2,4,7-8,11-12,15-16,18-19H2,1H3,(H,27,28)/p+1. The summed E-state index contributed by atoms with van der Waals surface area (Å²) in [4.78, 5) is 12.2. The zero-order valence-electron chi connectivity index (χ0n) is 18.1. The summed E-state index contributed by atoms with van der Waals surface area (Å²) in [6.07, 6.45) is 6.87. The number of carbonyl (C=O) groups is 1. The number of hydrogen-bond donors (Lipinski definition) is 2. The van der Waals surface area contributed by atoms with Gasteiger partial charge in [0.25, 0.3) is 5.91 Å². The summed E-state index contributed by atoms with van der Waals surface area (Å²) >= 11 is 0. The molecule has 30 heavy (non-hydrogen) atoms. The molecule has 0 atom stereocenters. The quantitative estimate of drug-likeness (QED) is 0.558. The molecule has 1 amide bonds. The van der Waals surface area contributed by atoms with Gasteiger partial charge in [-0.25, -0.2) is 0 Å². The summed E-state index contributed by atoms with van der Waals surface area (Å²) in [6.45, 7) is 4.46. The molecular weight excluding hydrogens is 376 g/mol. The van der Waals surface area contributed by atoms with Crippen molar-refractivity contribution in [3.63, 3.8) is 0 Å². The van der Waals surface area contributed by atoms with Crippen LogP contribution in [0.3, 0.4) is 0 Å². The van der Waals surface area contributed by atoms with Crippen molar-refractivity contribution in [2.45, 2.75) is 58.0 Å². The van der Waals surface area contributed by atoms with Gasteiger partial charge in [-0.1, -0.05) is 49.6 Å². The molecule has 1 aliphatic carbocycles. The van der Waals surface area contributed by atoms with E-state index in [4.69, 9.17) is 9.47 Å². The first-order valence-corrected chi connectivity index (χ1v) is 11.3. The minimum Gasteiger partial charge on any atom is -0.490 e. The summed E-state index contributed by atoms with van der Waals surface area (Å²) in [6, 6.07) is 16.8. The second kappa shape index (κ2) is 12.2. The Balaban J connectivity index is 1.46. The molecule has 1 aliphatic rings. The van der Waals surface area contributed by atoms with Crippen molar-refractivity contribution in [3.8, 4) is 11.5 Å². The molecule has 2 aromatic carbocycles. The van der Waals surface area contributed by atoms with E-state index in [1.54, 1.807) is 0 Å². The van der Waals surface area contributed by atoms with Crippen LogP contribution in [-0.2, 0) is 17.8 Å². The molecule has 2 aromatic rings. The minimum absolute atomic E-state index is 0.0269. The third kappa shape index (κ3) is 7.38. The molecule has 0 aromatic heterocycles. The molecule has 5 heteroatoms. The van der Waals surface area contributed by atoms with E-state index in [-0.39, 0.29) is 12.5 Å². The molecule has 0 heterocycles. The second-order valence-electron chi connectivity index (χ2n) is 7.92. The van der Waals surface area contributed by atoms with Gasteiger partial charge in [-0.15, -0.1) is 0 Å². The number of ether oxygens (including phenoxy) is 2. The summed E-state index contributed by atoms with van der Waals surface area (Å²) in [5.74, 6) is 1.28. The molecule has 0 radical (unpaired) electrons. The van der Waals surface area contributed by atoms with E-state index >= 15 is 0 Å². The molecule has 0 saturated heterocycles. The van der Waals surface area contributed by atoms with Crippen LogP contribution in [0.4, 0.5) is 0 Å². The Kier molecular flexibility index (Phi) is 9.04. The molecule has 3 N–H and O–H groups in total. The topological polar surface area (TPSA) is 64.2 Å². The van der Waals surface area contributed by atoms with Gasteiger partial charge in [0.15, 0.2) is 18.1 Å². The highest BCUT2D eigenvalue weighted by atomic mass is 16.5. The minimum atomic E-state index is -0.0531. The van der Waals surface area contributed by atoms with Gasteiger partial charge in [0.05, 0.1) is 13.2 Å². The van der Waals surface area contributed by atoms with Crippen molar-refractivity contribution in [1.82, 2.24) is 5.32 Å². The largest absolute Gasteiger partial charge is 0.490 e. The normalized spacial score (nSPS) is 14.3. The van der Waals surface area contributed by atoms with Crippen molar-refractivity contribution < 1.29 is 19.6 Å². The fraction of sp³-hybridized carbons (Fsp3) is 0.480. The van der Waals surface area contributed by atoms with Crippen LogP contribution >= 0.6 is 0 Å². The van der Waals surface area contributed by atoms with Crippen molar-refractivity contribution in [2.75, 3.05) is 19.8 Å². The lowest BCUT2D eigenvalue weighted by Gasteiger charge is -2.22. The zero-order valence-corrected chi connectivity index (χ0v) is 18.1. The van der Waals surface area contributed by atoms with Crippen LogP contribution in [0.2, 0.25) is 0 Å². The fourth-order valence-corrected chi connectivity index (χ4v) is 3.91. The zero-order chi connectivity index (χ0) is 21.0. The smallest absolute Gasteiger partial charge is 0.258 e. The molecule has 5 nitrogen and oxygen atoms in total. The van der Waals surface area contributed by atoms with Gasteiger partial charge >= 0.3 is 0 Å². The maximum atomic E-state index is 12.2. The average molecular weight is 412 g/mol. The highest BCUT2D eigenvalue weighted by Gasteiger charge is 2.16. The fourth-order valence-electron chi connectivity index (χ4n) is 3.91. The summed E-state index contributed by atoms with van der Waals surface area (Å²) in [7, 11) is 0. The summed E-state index contributed by atoms with van der Waals surface area (Å²) in [5.41, 5.74) is 2.55. The lowest BCUT2D eigenvalue weighted by molar-refractivity contribution is -0.670. The molecular formula is C25H35N2O3+. The maximum absolute atomic E-state index is 12.2. The Hall–Kier alpha value is -2.53. The van der Waals surface area contributed by atoms with Crippen molar-refractivity contribution in [3.05, 3.63) is 59.7 Å². The van der Waals surface area contributed by atoms with E-state index < -0.39 is 0 Å². The lowest BCUT2D eigenvalue weighted by Crippen LogP contribution is -2.83. The Morgan fingerprint density at radius 3 is 2.57 bits per heavy atom. The predicted octanol–water partition coefficient (Wildman–Crippen LogP) is 3.22. The van der Waals surface area contributed by atoms with Gasteiger partial charge in [0, 0.05) is 18.0 Å². The number of nitrogens with two attached hydrogens (primary N) is 1. The van der Waals surface area contributed by atoms with Crippen LogP contribution in [0.5, 0.6) is 11.5 Å². The van der Waals surface area contributed by atoms with E-state index in [9.17, 15) is 4.79 Å². The second-order valence-corrected chi connectivity index (χ2v) is 7.92. The molecule has 162 valence electrons. The average Bonchev–Trinajstić information content (AvgIpc) is 2.78. The van der Waals surface area contributed by atoms with Gasteiger partial charge in [0.1, 0.15) is 6.54 Å². The van der Waals surface area contributed by atoms with E-state index in [0.717, 1.165) is 32.4 Å². The van der Waals surface area contributed by atoms with E-state index in [1.165, 1.54) is 30.4 Å². The molecule has 0 unspecified atom stereocenters. The first-order valence-electron chi connectivity index (χ1n) is 11.3. The molecule has 1 saturated carbocycles. The molecule has 0 bridgehead atoms. The number of benzene rings is 2. The molecule has 3 rings (SSSR count). The maximum Gasteiger partial charge on any atom is 0.258 e. The van der Waals surface area contributed by atoms with E-state index in [0.29, 0.717) is 24.1 Å². The highest BCUT2D eigenvalue weighted by molar-refractivity contribution is 5.78. The Labute approximate surface area is 180 Å². The van der Waals surface area contributed by atoms with Gasteiger partial charge in [0.2, 0.25) is 0 Å². The molecule has 1 fully saturated rings. The van der Waals surface area contributed by atoms with Crippen LogP contribution in [0, 0.1) is 0 Å². The van der Waals surface area contributed by atoms with Crippen LogP contribution in [0.1, 0.15) is 50.2 Å². The third-order valence-corrected chi connectivity index (χ3v) is 5.50. The van der Waals surface area contributed by atoms with Crippen LogP contribution in [0.25, 0.3) is 0 Å². The van der Waals surface area contributed by atoms with Crippen molar-refractivity contribution in [2.24, 2.45) is 0 Å². The van der Waals surface area contributed by atoms with E-state index in [2.05, 4.69) is 41.0 Å². The SMILES string of the molecule is CCOc1cc(C[NH2+]CCc2ccccc2)ccc1OCC(=O)NC1CCCCC1. The molecule has 0 spiro atoms. The number of amides is 1. The molecule has 0 aliphatic heterocycles. The Bertz CT molecular complexity index is 773. The Morgan fingerprint density at radius 2 is 1.80 bits per heavy atom. The van der Waals surface area contributed by atoms with Crippen LogP contribution < -0.4 is 20.1 Å². The lowest BCUT2D eigenvalue weighted by atomic mass is 9.95. The van der Waals surface area contributed by atoms with Crippen molar-refractivity contribution in [1.29, 1.82) is 0 Å². The first-order chi connectivity index (χ1) is 14.7. The summed E-state index contributed by atoms with van der Waals surface area (Å²) in [5, 5.41) is 5.39. The number of carbonyl (C=O) groups excluding carboxylic acids is 1. The number of nitrogens with one attached hydrogen (secondary N) is 1. The van der Waals surface area contributed by atoms with Gasteiger partial charge in [-0.2, -0.15) is 0 Å². The predicted molar refractivity (Wildman–Crippen MR) is 119 cm³/mol. The summed E-state index contributed by atoms with van der Waals surface area (Å²) < 4.78 is 11.5. The van der Waals surface area contributed by atoms with Gasteiger partial charge in [-0.05, 0) is 43.5 Å². The first kappa shape index (κ1) is 22.2. The highest BCUT2D eigenvalue weighted by Crippen LogP contribution is 2.28. The van der Waals surface area contributed by atoms with Gasteiger partial charge < -0.3 is 20.1 Å². The van der Waals surface area contributed by atoms with E-state index in [1.807, 2.05) is 25.1 Å². The van der Waals surface area contributed by atoms with Crippen molar-refractivity contribution >= 4 is 5.91 Å². The monoisotopic (exact) mass is 411 g/mol. The Morgan fingerprint density at radius 1 is 1.00 bits per heavy atom. The number of quaternary nitrogens is 1. The number of hydrogen-bond acceptors (Lipinski definition) is 3. The third-order valence-electron chi connectivity index (χ3n) is 5.50. The number of rotatable bonds is 11.